The van der Waals surface area contributed by atoms with Crippen molar-refractivity contribution in [3.05, 3.63) is 30.0 Å². The molecule has 0 fully saturated rings. The maximum atomic E-state index is 11.8. The van der Waals surface area contributed by atoms with E-state index < -0.39 is 18.5 Å². The standard InChI is InChI=1S/C16H18N2O6/c1-18(2)15(21)7-17-14(20)9-24-16(22)5-10-8-23-13-6-11(19)3-4-12(10)13/h3-4,6,8,19H,5,7,9H2,1-2H3,(H,17,20). The fourth-order valence-corrected chi connectivity index (χ4v) is 1.94. The Balaban J connectivity index is 1.82. The molecule has 2 aromatic rings. The molecule has 0 radical (unpaired) electrons. The summed E-state index contributed by atoms with van der Waals surface area (Å²) in [5.41, 5.74) is 1.05. The molecule has 2 amide bonds. The number of fused-ring (bicyclic) bond motifs is 1. The minimum absolute atomic E-state index is 0.0647. The first-order valence-electron chi connectivity index (χ1n) is 7.18. The average Bonchev–Trinajstić information content (AvgIpc) is 2.92. The molecule has 0 saturated carbocycles. The van der Waals surface area contributed by atoms with Crippen LogP contribution in [0.1, 0.15) is 5.56 Å². The summed E-state index contributed by atoms with van der Waals surface area (Å²) < 4.78 is 10.1. The summed E-state index contributed by atoms with van der Waals surface area (Å²) >= 11 is 0. The Morgan fingerprint density at radius 2 is 2.04 bits per heavy atom. The summed E-state index contributed by atoms with van der Waals surface area (Å²) in [5.74, 6) is -1.35. The van der Waals surface area contributed by atoms with E-state index in [1.807, 2.05) is 0 Å². The lowest BCUT2D eigenvalue weighted by Crippen LogP contribution is -2.38. The molecular weight excluding hydrogens is 316 g/mol. The van der Waals surface area contributed by atoms with Crippen molar-refractivity contribution in [3.63, 3.8) is 0 Å². The van der Waals surface area contributed by atoms with Gasteiger partial charge in [0.1, 0.15) is 11.3 Å². The summed E-state index contributed by atoms with van der Waals surface area (Å²) in [7, 11) is 3.15. The molecule has 0 atom stereocenters. The largest absolute Gasteiger partial charge is 0.508 e. The van der Waals surface area contributed by atoms with E-state index in [1.54, 1.807) is 20.2 Å². The van der Waals surface area contributed by atoms with Crippen LogP contribution >= 0.6 is 0 Å². The van der Waals surface area contributed by atoms with E-state index in [0.29, 0.717) is 16.5 Å². The van der Waals surface area contributed by atoms with Gasteiger partial charge in [-0.25, -0.2) is 0 Å². The number of benzene rings is 1. The van der Waals surface area contributed by atoms with Gasteiger partial charge in [-0.1, -0.05) is 0 Å². The smallest absolute Gasteiger partial charge is 0.310 e. The number of amides is 2. The highest BCUT2D eigenvalue weighted by atomic mass is 16.5. The van der Waals surface area contributed by atoms with E-state index in [2.05, 4.69) is 5.32 Å². The normalized spacial score (nSPS) is 10.4. The molecule has 0 aliphatic carbocycles. The van der Waals surface area contributed by atoms with Gasteiger partial charge in [0.25, 0.3) is 5.91 Å². The third-order valence-electron chi connectivity index (χ3n) is 3.27. The molecule has 0 saturated heterocycles. The first-order chi connectivity index (χ1) is 11.4. The topological polar surface area (TPSA) is 109 Å². The number of hydrogen-bond donors (Lipinski definition) is 2. The zero-order valence-corrected chi connectivity index (χ0v) is 13.4. The SMILES string of the molecule is CN(C)C(=O)CNC(=O)COC(=O)Cc1coc2cc(O)ccc12. The van der Waals surface area contributed by atoms with Crippen LogP contribution in [0.5, 0.6) is 5.75 Å². The van der Waals surface area contributed by atoms with Crippen molar-refractivity contribution in [2.45, 2.75) is 6.42 Å². The molecule has 0 aliphatic rings. The highest BCUT2D eigenvalue weighted by Crippen LogP contribution is 2.25. The van der Waals surface area contributed by atoms with Crippen LogP contribution in [0.3, 0.4) is 0 Å². The van der Waals surface area contributed by atoms with Crippen LogP contribution in [0.2, 0.25) is 0 Å². The van der Waals surface area contributed by atoms with Gasteiger partial charge in [-0.05, 0) is 12.1 Å². The monoisotopic (exact) mass is 334 g/mol. The van der Waals surface area contributed by atoms with E-state index in [-0.39, 0.29) is 24.6 Å². The molecule has 0 spiro atoms. The van der Waals surface area contributed by atoms with E-state index in [1.165, 1.54) is 23.3 Å². The number of aromatic hydroxyl groups is 1. The molecule has 128 valence electrons. The van der Waals surface area contributed by atoms with Gasteiger partial charge in [0.2, 0.25) is 5.91 Å². The Bertz CT molecular complexity index is 765. The minimum atomic E-state index is -0.597. The molecule has 24 heavy (non-hydrogen) atoms. The van der Waals surface area contributed by atoms with E-state index in [0.717, 1.165) is 0 Å². The number of likely N-dealkylation sites (N-methyl/N-ethyl adjacent to an activating group) is 1. The van der Waals surface area contributed by atoms with E-state index in [4.69, 9.17) is 9.15 Å². The fourth-order valence-electron chi connectivity index (χ4n) is 1.94. The first kappa shape index (κ1) is 17.3. The van der Waals surface area contributed by atoms with Gasteiger partial charge in [0.15, 0.2) is 6.61 Å². The van der Waals surface area contributed by atoms with Crippen molar-refractivity contribution in [3.8, 4) is 5.75 Å². The van der Waals surface area contributed by atoms with Gasteiger partial charge >= 0.3 is 5.97 Å². The molecule has 0 bridgehead atoms. The Morgan fingerprint density at radius 1 is 1.29 bits per heavy atom. The van der Waals surface area contributed by atoms with Crippen molar-refractivity contribution < 1.29 is 28.6 Å². The lowest BCUT2D eigenvalue weighted by Gasteiger charge is -2.11. The molecule has 2 N–H and O–H groups in total. The summed E-state index contributed by atoms with van der Waals surface area (Å²) in [6, 6.07) is 4.57. The number of furan rings is 1. The Labute approximate surface area is 138 Å². The number of nitrogens with zero attached hydrogens (tertiary/aromatic N) is 1. The van der Waals surface area contributed by atoms with Crippen molar-refractivity contribution in [1.29, 1.82) is 0 Å². The van der Waals surface area contributed by atoms with Crippen LogP contribution in [-0.2, 0) is 25.5 Å². The zero-order chi connectivity index (χ0) is 17.7. The highest BCUT2D eigenvalue weighted by Gasteiger charge is 2.14. The summed E-state index contributed by atoms with van der Waals surface area (Å²) in [5, 5.41) is 12.4. The van der Waals surface area contributed by atoms with Gasteiger partial charge in [0.05, 0.1) is 19.2 Å². The van der Waals surface area contributed by atoms with Crippen molar-refractivity contribution in [2.24, 2.45) is 0 Å². The number of nitrogens with one attached hydrogen (secondary N) is 1. The number of rotatable bonds is 6. The third kappa shape index (κ3) is 4.48. The molecule has 1 heterocycles. The molecular formula is C16H18N2O6. The van der Waals surface area contributed by atoms with Crippen LogP contribution in [0, 0.1) is 0 Å². The number of phenolic OH excluding ortho intramolecular Hbond substituents is 1. The summed E-state index contributed by atoms with van der Waals surface area (Å²) in [6.45, 7) is -0.616. The Morgan fingerprint density at radius 3 is 2.75 bits per heavy atom. The van der Waals surface area contributed by atoms with Crippen LogP contribution in [0.15, 0.2) is 28.9 Å². The number of esters is 1. The zero-order valence-electron chi connectivity index (χ0n) is 13.4. The van der Waals surface area contributed by atoms with E-state index >= 15 is 0 Å². The van der Waals surface area contributed by atoms with E-state index in [9.17, 15) is 19.5 Å². The summed E-state index contributed by atoms with van der Waals surface area (Å²) in [4.78, 5) is 36.0. The lowest BCUT2D eigenvalue weighted by molar-refractivity contribution is -0.148. The molecule has 8 nitrogen and oxygen atoms in total. The van der Waals surface area contributed by atoms with Crippen LogP contribution in [0.4, 0.5) is 0 Å². The fraction of sp³-hybridized carbons (Fsp3) is 0.312. The molecule has 8 heteroatoms. The Kier molecular flexibility index (Phi) is 5.41. The van der Waals surface area contributed by atoms with Crippen molar-refractivity contribution in [1.82, 2.24) is 10.2 Å². The Hall–Kier alpha value is -3.03. The molecule has 2 rings (SSSR count). The number of phenols is 1. The minimum Gasteiger partial charge on any atom is -0.508 e. The number of carbonyl (C=O) groups is 3. The second kappa shape index (κ2) is 7.49. The van der Waals surface area contributed by atoms with Gasteiger partial charge in [0, 0.05) is 31.1 Å². The first-order valence-corrected chi connectivity index (χ1v) is 7.18. The van der Waals surface area contributed by atoms with Crippen LogP contribution < -0.4 is 5.32 Å². The van der Waals surface area contributed by atoms with Crippen molar-refractivity contribution >= 4 is 28.8 Å². The highest BCUT2D eigenvalue weighted by molar-refractivity contribution is 5.88. The molecule has 1 aromatic carbocycles. The van der Waals surface area contributed by atoms with Gasteiger partial charge in [-0.3, -0.25) is 14.4 Å². The van der Waals surface area contributed by atoms with Gasteiger partial charge in [-0.15, -0.1) is 0 Å². The van der Waals surface area contributed by atoms with Crippen molar-refractivity contribution in [2.75, 3.05) is 27.2 Å². The molecule has 0 unspecified atom stereocenters. The summed E-state index contributed by atoms with van der Waals surface area (Å²) in [6.07, 6.45) is 1.34. The second-order valence-corrected chi connectivity index (χ2v) is 5.34. The number of ether oxygens (including phenoxy) is 1. The predicted molar refractivity (Wildman–Crippen MR) is 84.2 cm³/mol. The quantitative estimate of drug-likeness (QED) is 0.742. The molecule has 0 aliphatic heterocycles. The van der Waals surface area contributed by atoms with Gasteiger partial charge in [-0.2, -0.15) is 0 Å². The van der Waals surface area contributed by atoms with Gasteiger partial charge < -0.3 is 24.5 Å². The number of hydrogen-bond acceptors (Lipinski definition) is 6. The molecule has 1 aromatic heterocycles. The maximum absolute atomic E-state index is 11.8. The second-order valence-electron chi connectivity index (χ2n) is 5.34. The maximum Gasteiger partial charge on any atom is 0.310 e. The predicted octanol–water partition coefficient (Wildman–Crippen LogP) is 0.429. The van der Waals surface area contributed by atoms with Crippen LogP contribution in [-0.4, -0.2) is 55.0 Å². The van der Waals surface area contributed by atoms with Crippen LogP contribution in [0.25, 0.3) is 11.0 Å². The third-order valence-corrected chi connectivity index (χ3v) is 3.27. The lowest BCUT2D eigenvalue weighted by atomic mass is 10.1. The number of carbonyl (C=O) groups excluding carboxylic acids is 3. The average molecular weight is 334 g/mol.